The van der Waals surface area contributed by atoms with Gasteiger partial charge in [0, 0.05) is 41.7 Å². The van der Waals surface area contributed by atoms with Crippen molar-refractivity contribution in [1.82, 2.24) is 15.0 Å². The van der Waals surface area contributed by atoms with E-state index in [1.807, 2.05) is 48.5 Å². The number of amides is 1. The number of hydrogen-bond donors (Lipinski definition) is 2. The summed E-state index contributed by atoms with van der Waals surface area (Å²) in [6.07, 6.45) is 5.28. The Bertz CT molecular complexity index is 1610. The lowest BCUT2D eigenvalue weighted by molar-refractivity contribution is -0.117. The number of oxazole rings is 1. The van der Waals surface area contributed by atoms with Crippen LogP contribution in [0, 0.1) is 5.92 Å². The fraction of sp³-hybridized carbons (Fsp3) is 0.214. The van der Waals surface area contributed by atoms with Gasteiger partial charge in [0.25, 0.3) is 0 Å². The maximum Gasteiger partial charge on any atom is 0.229 e. The predicted molar refractivity (Wildman–Crippen MR) is 141 cm³/mol. The van der Waals surface area contributed by atoms with Crippen LogP contribution in [0.2, 0.25) is 0 Å². The minimum absolute atomic E-state index is 0.00531. The highest BCUT2D eigenvalue weighted by Crippen LogP contribution is 2.35. The Labute approximate surface area is 212 Å². The van der Waals surface area contributed by atoms with Gasteiger partial charge < -0.3 is 24.5 Å². The Kier molecular flexibility index (Phi) is 5.80. The van der Waals surface area contributed by atoms with Crippen LogP contribution in [0.15, 0.2) is 65.3 Å². The third kappa shape index (κ3) is 4.63. The number of carbonyl (C=O) groups excluding carboxylic acids is 1. The van der Waals surface area contributed by atoms with Crippen LogP contribution >= 0.6 is 0 Å². The highest BCUT2D eigenvalue weighted by molar-refractivity contribution is 6.03. The number of methoxy groups -OCH3 is 2. The molecule has 2 N–H and O–H groups in total. The van der Waals surface area contributed by atoms with E-state index in [4.69, 9.17) is 13.9 Å². The van der Waals surface area contributed by atoms with Crippen molar-refractivity contribution in [2.24, 2.45) is 5.92 Å². The first-order valence-corrected chi connectivity index (χ1v) is 12.0. The van der Waals surface area contributed by atoms with Gasteiger partial charge in [-0.1, -0.05) is 12.1 Å². The SMILES string of the molecule is COc1ccc(CNc2ncc(-c3nc4cc(OC)ccc4o3)c3cc(NC(=O)C4CC4)ncc23)cc1. The maximum atomic E-state index is 12.4. The highest BCUT2D eigenvalue weighted by Gasteiger charge is 2.30. The molecule has 2 aromatic carbocycles. The van der Waals surface area contributed by atoms with Crippen LogP contribution in [0.1, 0.15) is 18.4 Å². The highest BCUT2D eigenvalue weighted by atomic mass is 16.5. The van der Waals surface area contributed by atoms with E-state index in [0.717, 1.165) is 34.9 Å². The number of aromatic nitrogens is 3. The average molecular weight is 496 g/mol. The third-order valence-electron chi connectivity index (χ3n) is 6.42. The van der Waals surface area contributed by atoms with Crippen molar-refractivity contribution in [2.45, 2.75) is 19.4 Å². The van der Waals surface area contributed by atoms with Crippen LogP contribution in [0.4, 0.5) is 11.6 Å². The Morgan fingerprint density at radius 2 is 1.76 bits per heavy atom. The lowest BCUT2D eigenvalue weighted by atomic mass is 10.1. The van der Waals surface area contributed by atoms with Gasteiger partial charge in [-0.05, 0) is 48.7 Å². The summed E-state index contributed by atoms with van der Waals surface area (Å²) in [6.45, 7) is 0.564. The van der Waals surface area contributed by atoms with E-state index in [2.05, 4.69) is 25.6 Å². The molecule has 1 aliphatic rings. The van der Waals surface area contributed by atoms with E-state index in [1.54, 1.807) is 26.6 Å². The molecule has 3 heterocycles. The van der Waals surface area contributed by atoms with Gasteiger partial charge in [-0.15, -0.1) is 0 Å². The van der Waals surface area contributed by atoms with Gasteiger partial charge in [0.1, 0.15) is 28.7 Å². The molecule has 186 valence electrons. The van der Waals surface area contributed by atoms with Gasteiger partial charge >= 0.3 is 0 Å². The number of anilines is 2. The number of fused-ring (bicyclic) bond motifs is 2. The lowest BCUT2D eigenvalue weighted by Crippen LogP contribution is -2.14. The maximum absolute atomic E-state index is 12.4. The van der Waals surface area contributed by atoms with Crippen LogP contribution in [0.5, 0.6) is 11.5 Å². The third-order valence-corrected chi connectivity index (χ3v) is 6.42. The number of nitrogens with zero attached hydrogens (tertiary/aromatic N) is 3. The van der Waals surface area contributed by atoms with Gasteiger partial charge in [-0.25, -0.2) is 15.0 Å². The van der Waals surface area contributed by atoms with Crippen molar-refractivity contribution in [3.05, 3.63) is 66.5 Å². The summed E-state index contributed by atoms with van der Waals surface area (Å²) >= 11 is 0. The molecule has 1 fully saturated rings. The first kappa shape index (κ1) is 22.8. The van der Waals surface area contributed by atoms with Crippen LogP contribution < -0.4 is 20.1 Å². The number of pyridine rings is 2. The van der Waals surface area contributed by atoms with E-state index in [9.17, 15) is 4.79 Å². The van der Waals surface area contributed by atoms with Crippen molar-refractivity contribution in [1.29, 1.82) is 0 Å². The predicted octanol–water partition coefficient (Wildman–Crippen LogP) is 5.42. The van der Waals surface area contributed by atoms with Crippen molar-refractivity contribution in [3.63, 3.8) is 0 Å². The first-order valence-electron chi connectivity index (χ1n) is 12.0. The molecule has 0 atom stereocenters. The molecule has 9 heteroatoms. The van der Waals surface area contributed by atoms with E-state index in [0.29, 0.717) is 46.5 Å². The molecular formula is C28H25N5O4. The van der Waals surface area contributed by atoms with E-state index in [1.165, 1.54) is 0 Å². The number of carbonyl (C=O) groups is 1. The average Bonchev–Trinajstić information content (AvgIpc) is 3.71. The van der Waals surface area contributed by atoms with Crippen molar-refractivity contribution >= 4 is 39.4 Å². The summed E-state index contributed by atoms with van der Waals surface area (Å²) < 4.78 is 16.6. The lowest BCUT2D eigenvalue weighted by Gasteiger charge is -2.12. The molecule has 0 bridgehead atoms. The molecule has 0 aliphatic heterocycles. The number of nitrogens with one attached hydrogen (secondary N) is 2. The van der Waals surface area contributed by atoms with E-state index >= 15 is 0 Å². The van der Waals surface area contributed by atoms with E-state index < -0.39 is 0 Å². The van der Waals surface area contributed by atoms with Crippen molar-refractivity contribution in [2.75, 3.05) is 24.9 Å². The van der Waals surface area contributed by atoms with Crippen molar-refractivity contribution in [3.8, 4) is 23.0 Å². The molecule has 1 saturated carbocycles. The second-order valence-electron chi connectivity index (χ2n) is 8.95. The van der Waals surface area contributed by atoms with Crippen LogP contribution in [-0.2, 0) is 11.3 Å². The molecule has 6 rings (SSSR count). The number of ether oxygens (including phenoxy) is 2. The Balaban J connectivity index is 1.39. The quantitative estimate of drug-likeness (QED) is 0.294. The minimum atomic E-state index is -0.00531. The summed E-state index contributed by atoms with van der Waals surface area (Å²) in [7, 11) is 3.26. The Hall–Kier alpha value is -4.66. The normalized spacial score (nSPS) is 13.0. The number of benzene rings is 2. The standard InChI is InChI=1S/C28H25N5O4/c1-35-18-7-3-16(4-8-18)13-30-26-21-14-29-25(33-27(34)17-5-6-17)12-20(21)22(15-31-26)28-32-23-11-19(36-2)9-10-24(23)37-28/h3-4,7-12,14-15,17H,5-6,13H2,1-2H3,(H,30,31)(H,29,33,34). The Morgan fingerprint density at radius 1 is 0.973 bits per heavy atom. The number of hydrogen-bond acceptors (Lipinski definition) is 8. The molecule has 1 aliphatic carbocycles. The summed E-state index contributed by atoms with van der Waals surface area (Å²) in [5.41, 5.74) is 3.10. The topological polar surface area (TPSA) is 111 Å². The number of rotatable bonds is 8. The molecule has 0 spiro atoms. The summed E-state index contributed by atoms with van der Waals surface area (Å²) in [5.74, 6) is 3.14. The zero-order chi connectivity index (χ0) is 25.4. The summed E-state index contributed by atoms with van der Waals surface area (Å²) in [6, 6.07) is 15.2. The van der Waals surface area contributed by atoms with Gasteiger partial charge in [0.15, 0.2) is 5.58 Å². The van der Waals surface area contributed by atoms with Gasteiger partial charge in [-0.2, -0.15) is 0 Å². The van der Waals surface area contributed by atoms with Crippen LogP contribution in [0.25, 0.3) is 33.3 Å². The zero-order valence-electron chi connectivity index (χ0n) is 20.4. The molecule has 5 aromatic rings. The fourth-order valence-corrected chi connectivity index (χ4v) is 4.17. The Morgan fingerprint density at radius 3 is 2.51 bits per heavy atom. The second kappa shape index (κ2) is 9.42. The molecule has 37 heavy (non-hydrogen) atoms. The largest absolute Gasteiger partial charge is 0.497 e. The van der Waals surface area contributed by atoms with Gasteiger partial charge in [-0.3, -0.25) is 4.79 Å². The molecule has 3 aromatic heterocycles. The van der Waals surface area contributed by atoms with E-state index in [-0.39, 0.29) is 11.8 Å². The second-order valence-corrected chi connectivity index (χ2v) is 8.95. The molecule has 9 nitrogen and oxygen atoms in total. The molecule has 0 radical (unpaired) electrons. The zero-order valence-corrected chi connectivity index (χ0v) is 20.4. The van der Waals surface area contributed by atoms with Crippen molar-refractivity contribution < 1.29 is 18.7 Å². The molecular weight excluding hydrogens is 470 g/mol. The summed E-state index contributed by atoms with van der Waals surface area (Å²) in [4.78, 5) is 26.2. The van der Waals surface area contributed by atoms with Gasteiger partial charge in [0.05, 0.1) is 19.8 Å². The smallest absolute Gasteiger partial charge is 0.229 e. The first-order chi connectivity index (χ1) is 18.1. The van der Waals surface area contributed by atoms with Gasteiger partial charge in [0.2, 0.25) is 11.8 Å². The fourth-order valence-electron chi connectivity index (χ4n) is 4.17. The molecule has 0 unspecified atom stereocenters. The summed E-state index contributed by atoms with van der Waals surface area (Å²) in [5, 5.41) is 7.94. The van der Waals surface area contributed by atoms with Crippen LogP contribution in [-0.4, -0.2) is 35.1 Å². The minimum Gasteiger partial charge on any atom is -0.497 e. The molecule has 0 saturated heterocycles. The van der Waals surface area contributed by atoms with Crippen LogP contribution in [0.3, 0.4) is 0 Å². The monoisotopic (exact) mass is 495 g/mol. The molecule has 1 amide bonds.